The Labute approximate surface area is 680 Å². The average Bonchev–Trinajstić information content (AvgIpc) is 0.822. The van der Waals surface area contributed by atoms with Gasteiger partial charge in [-0.25, -0.2) is 19.2 Å². The second kappa shape index (κ2) is 63.5. The molecule has 34 heteroatoms. The van der Waals surface area contributed by atoms with E-state index in [1.807, 2.05) is 20.8 Å². The van der Waals surface area contributed by atoms with Gasteiger partial charge < -0.3 is 92.6 Å². The molecule has 7 N–H and O–H groups in total. The molecule has 9 atom stereocenters. The van der Waals surface area contributed by atoms with Crippen molar-refractivity contribution in [2.24, 2.45) is 58.1 Å². The quantitative estimate of drug-likeness (QED) is 0.0190. The smallest absolute Gasteiger partial charge is 0.464 e. The van der Waals surface area contributed by atoms with Crippen molar-refractivity contribution in [2.75, 3.05) is 85.8 Å². The highest BCUT2D eigenvalue weighted by Crippen LogP contribution is 2.38. The number of carbonyl (C=O) groups is 12. The molecule has 3 fully saturated rings. The van der Waals surface area contributed by atoms with E-state index in [9.17, 15) is 57.5 Å². The van der Waals surface area contributed by atoms with Gasteiger partial charge in [0.15, 0.2) is 12.2 Å². The molecule has 3 aliphatic rings. The number of carbonyl (C=O) groups excluding carboxylic acids is 14. The van der Waals surface area contributed by atoms with E-state index in [4.69, 9.17) is 96.9 Å². The Balaban J connectivity index is 0.0000147. The number of hydrogen-bond acceptors (Lipinski definition) is 29. The molecule has 3 saturated carbocycles. The molecule has 0 spiro atoms. The Hall–Kier alpha value is -7.68. The van der Waals surface area contributed by atoms with E-state index in [-0.39, 0.29) is 70.7 Å². The summed E-state index contributed by atoms with van der Waals surface area (Å²) in [5, 5.41) is 2.70. The lowest BCUT2D eigenvalue weighted by molar-refractivity contribution is -0.192. The number of primary amides is 3. The zero-order chi connectivity index (χ0) is 84.9. The molecule has 0 aromatic heterocycles. The number of hydrogen-bond donors (Lipinski definition) is 4. The van der Waals surface area contributed by atoms with E-state index >= 15 is 0 Å². The number of unbranched alkanes of at least 4 members (excludes halogenated alkanes) is 19. The number of rotatable bonds is 62. The minimum atomic E-state index is -3.19. The van der Waals surface area contributed by atoms with Crippen LogP contribution in [0.5, 0.6) is 0 Å². The Morgan fingerprint density at radius 2 is 0.635 bits per heavy atom. The van der Waals surface area contributed by atoms with E-state index in [1.54, 1.807) is 0 Å². The van der Waals surface area contributed by atoms with Crippen molar-refractivity contribution in [3.63, 3.8) is 0 Å². The first kappa shape index (κ1) is 103. The maximum atomic E-state index is 14.9. The van der Waals surface area contributed by atoms with Crippen LogP contribution in [0.1, 0.15) is 286 Å². The first-order valence-corrected chi connectivity index (χ1v) is 44.3. The van der Waals surface area contributed by atoms with Crippen LogP contribution in [-0.4, -0.2) is 191 Å². The van der Waals surface area contributed by atoms with Crippen LogP contribution in [0, 0.1) is 40.9 Å². The fourth-order valence-electron chi connectivity index (χ4n) is 14.3. The predicted molar refractivity (Wildman–Crippen MR) is 417 cm³/mol. The third kappa shape index (κ3) is 46.2. The Bertz CT molecular complexity index is 2730. The molecular weight excluding hydrogens is 1520 g/mol. The van der Waals surface area contributed by atoms with Crippen LogP contribution in [0.4, 0.5) is 19.2 Å². The fraction of sp³-hybridized carbons (Fsp3) is 0.840. The SMILES string of the molecule is CCCCCCCCCCC(COC(N)=O)OC(=O)C1CCCCC1C(=O)OCC(COC(=O)NCCC[Si](OCC)(OCC)OCC)(COC(=O)C1CCCCC1C(=O)OC(COC(N)=O)COC(=O)CCCCCCCCC)COC(=O)C1CCCCC1C(=O)OC(COC(N)=O)COC(=O)CCCCCCCCC.O=C=O. The van der Waals surface area contributed by atoms with Gasteiger partial charge in [0.05, 0.1) is 35.5 Å². The third-order valence-corrected chi connectivity index (χ3v) is 23.7. The zero-order valence-electron chi connectivity index (χ0n) is 69.5. The van der Waals surface area contributed by atoms with Gasteiger partial charge in [-0.2, -0.15) is 9.59 Å². The van der Waals surface area contributed by atoms with Crippen molar-refractivity contribution in [1.29, 1.82) is 0 Å². The normalized spacial score (nSPS) is 18.6. The molecule has 4 amide bonds. The molecule has 3 aliphatic carbocycles. The maximum absolute atomic E-state index is 14.9. The number of ether oxygens (including phenoxy) is 12. The van der Waals surface area contributed by atoms with Gasteiger partial charge in [-0.3, -0.25) is 38.4 Å². The van der Waals surface area contributed by atoms with Crippen LogP contribution in [0.3, 0.4) is 0 Å². The Kier molecular flexibility index (Phi) is 57.1. The van der Waals surface area contributed by atoms with Crippen LogP contribution < -0.4 is 22.5 Å². The van der Waals surface area contributed by atoms with Gasteiger partial charge in [-0.15, -0.1) is 0 Å². The van der Waals surface area contributed by atoms with E-state index in [0.29, 0.717) is 96.5 Å². The minimum absolute atomic E-state index is 0.00724. The van der Waals surface area contributed by atoms with Gasteiger partial charge in [0.1, 0.15) is 71.0 Å². The molecule has 33 nitrogen and oxygen atoms in total. The van der Waals surface area contributed by atoms with E-state index in [0.717, 1.165) is 122 Å². The van der Waals surface area contributed by atoms with Crippen molar-refractivity contribution >= 4 is 87.1 Å². The van der Waals surface area contributed by atoms with Gasteiger partial charge >= 0.3 is 87.1 Å². The molecule has 0 aliphatic heterocycles. The number of amides is 4. The Morgan fingerprint density at radius 3 is 0.957 bits per heavy atom. The standard InChI is InChI=1S/C80H138N4O27Si.CO2/c1-7-13-16-19-22-25-26-29-39-59(50-99-76(81)93)109-73(90)65-43-35-32-40-62(65)70(87)102-55-80(58-105-79(96)84-48-38-49-112(106-10-4,107-11-5)108-12-6,56-103-71(88)63-41-33-36-44-66(63)74(91)110-60(53-100-77(82)94)51-97-68(85)46-30-27-23-20-17-14-8-2)57-104-72(89)64-42-34-37-45-67(64)75(92)111-61(54-101-78(83)95)52-98-69(86)47-31-28-24-21-18-15-9-3;2-1-3/h59-67H,7-58H2,1-6H3,(H2,81,93)(H2,82,94)(H2,83,95)(H,84,96);. The molecule has 0 radical (unpaired) electrons. The summed E-state index contributed by atoms with van der Waals surface area (Å²) in [7, 11) is -3.19. The summed E-state index contributed by atoms with van der Waals surface area (Å²) >= 11 is 0. The highest BCUT2D eigenvalue weighted by molar-refractivity contribution is 6.60. The lowest BCUT2D eigenvalue weighted by atomic mass is 9.79. The van der Waals surface area contributed by atoms with Crippen molar-refractivity contribution in [3.05, 3.63) is 0 Å². The third-order valence-electron chi connectivity index (χ3n) is 20.5. The average molecular weight is 1660 g/mol. The van der Waals surface area contributed by atoms with Gasteiger partial charge in [0.25, 0.3) is 0 Å². The molecule has 660 valence electrons. The van der Waals surface area contributed by atoms with E-state index < -0.39 is 193 Å². The highest BCUT2D eigenvalue weighted by atomic mass is 28.4. The molecule has 0 heterocycles. The van der Waals surface area contributed by atoms with Gasteiger partial charge in [-0.05, 0) is 91.4 Å². The summed E-state index contributed by atoms with van der Waals surface area (Å²) in [6, 6.07) is 0.306. The van der Waals surface area contributed by atoms with Crippen LogP contribution in [0.25, 0.3) is 0 Å². The lowest BCUT2D eigenvalue weighted by Crippen LogP contribution is -2.48. The maximum Gasteiger partial charge on any atom is 0.500 e. The Morgan fingerprint density at radius 1 is 0.357 bits per heavy atom. The highest BCUT2D eigenvalue weighted by Gasteiger charge is 2.47. The summed E-state index contributed by atoms with van der Waals surface area (Å²) in [5.41, 5.74) is 14.0. The van der Waals surface area contributed by atoms with Crippen LogP contribution >= 0.6 is 0 Å². The monoisotopic (exact) mass is 1660 g/mol. The largest absolute Gasteiger partial charge is 0.500 e. The summed E-state index contributed by atoms with van der Waals surface area (Å²) in [5.74, 6) is -13.5. The molecule has 0 bridgehead atoms. The lowest BCUT2D eigenvalue weighted by Gasteiger charge is -2.36. The molecule has 9 unspecified atom stereocenters. The van der Waals surface area contributed by atoms with Crippen molar-refractivity contribution in [3.8, 4) is 0 Å². The molecule has 3 rings (SSSR count). The van der Waals surface area contributed by atoms with Gasteiger partial charge in [-0.1, -0.05) is 181 Å². The zero-order valence-corrected chi connectivity index (χ0v) is 70.5. The first-order chi connectivity index (χ1) is 55.4. The first-order valence-electron chi connectivity index (χ1n) is 42.4. The summed E-state index contributed by atoms with van der Waals surface area (Å²) in [6.45, 7) is 6.97. The van der Waals surface area contributed by atoms with Gasteiger partial charge in [0, 0.05) is 45.3 Å². The fourth-order valence-corrected chi connectivity index (χ4v) is 16.9. The van der Waals surface area contributed by atoms with Crippen LogP contribution in [-0.2, 0) is 118 Å². The summed E-state index contributed by atoms with van der Waals surface area (Å²) in [4.78, 5) is 180. The summed E-state index contributed by atoms with van der Waals surface area (Å²) < 4.78 is 86.4. The van der Waals surface area contributed by atoms with Crippen molar-refractivity contribution < 1.29 is 137 Å². The second-order valence-electron chi connectivity index (χ2n) is 29.9. The molecule has 0 saturated heterocycles. The topological polar surface area (TPSA) is 468 Å². The number of nitrogens with one attached hydrogen (secondary N) is 1. The number of nitrogens with two attached hydrogens (primary N) is 3. The van der Waals surface area contributed by atoms with E-state index in [2.05, 4.69) is 26.1 Å². The van der Waals surface area contributed by atoms with Crippen LogP contribution in [0.2, 0.25) is 6.04 Å². The predicted octanol–water partition coefficient (Wildman–Crippen LogP) is 12.5. The van der Waals surface area contributed by atoms with Crippen LogP contribution in [0.15, 0.2) is 0 Å². The summed E-state index contributed by atoms with van der Waals surface area (Å²) in [6.07, 6.45) is 18.1. The molecule has 0 aromatic carbocycles. The van der Waals surface area contributed by atoms with Crippen molar-refractivity contribution in [1.82, 2.24) is 5.32 Å². The molecule has 0 aromatic rings. The van der Waals surface area contributed by atoms with Crippen molar-refractivity contribution in [2.45, 2.75) is 310 Å². The number of alkyl carbamates (subject to hydrolysis) is 1. The van der Waals surface area contributed by atoms with Gasteiger partial charge in [0.2, 0.25) is 0 Å². The molecule has 115 heavy (non-hydrogen) atoms. The second-order valence-corrected chi connectivity index (χ2v) is 32.7. The van der Waals surface area contributed by atoms with E-state index in [1.165, 1.54) is 0 Å². The molecular formula is C81H138N4O29Si. The number of esters is 8. The minimum Gasteiger partial charge on any atom is -0.464 e.